The monoisotopic (exact) mass is 241 g/mol. The topological polar surface area (TPSA) is 52.3 Å². The molecule has 4 heteroatoms. The normalized spacial score (nSPS) is 16.1. The average molecular weight is 242 g/mol. The second-order valence-corrected chi connectivity index (χ2v) is 3.96. The molecule has 0 radical (unpaired) electrons. The lowest BCUT2D eigenvalue weighted by atomic mass is 10.2. The lowest BCUT2D eigenvalue weighted by Gasteiger charge is -2.10. The van der Waals surface area contributed by atoms with Crippen molar-refractivity contribution in [2.75, 3.05) is 0 Å². The third-order valence-corrected chi connectivity index (χ3v) is 2.63. The highest BCUT2D eigenvalue weighted by Crippen LogP contribution is 2.32. The summed E-state index contributed by atoms with van der Waals surface area (Å²) in [6, 6.07) is 9.20. The Morgan fingerprint density at radius 1 is 1.38 bits per heavy atom. The summed E-state index contributed by atoms with van der Waals surface area (Å²) < 4.78 is 5.13. The fourth-order valence-corrected chi connectivity index (χ4v) is 1.47. The van der Waals surface area contributed by atoms with Crippen LogP contribution in [0.3, 0.4) is 0 Å². The molecule has 1 aromatic carbocycles. The first-order valence-corrected chi connectivity index (χ1v) is 5.23. The molecule has 2 N–H and O–H groups in total. The van der Waals surface area contributed by atoms with Crippen molar-refractivity contribution in [3.05, 3.63) is 35.9 Å². The highest BCUT2D eigenvalue weighted by molar-refractivity contribution is 5.85. The number of carbonyl (C=O) groups is 1. The number of halogens is 1. The van der Waals surface area contributed by atoms with E-state index in [0.717, 1.165) is 18.4 Å². The fraction of sp³-hybridized carbons (Fsp3) is 0.417. The van der Waals surface area contributed by atoms with Crippen LogP contribution in [-0.4, -0.2) is 12.0 Å². The summed E-state index contributed by atoms with van der Waals surface area (Å²) in [6.45, 7) is 0.320. The van der Waals surface area contributed by atoms with Crippen LogP contribution in [0.2, 0.25) is 0 Å². The van der Waals surface area contributed by atoms with Crippen molar-refractivity contribution >= 4 is 18.4 Å². The van der Waals surface area contributed by atoms with Gasteiger partial charge in [0.1, 0.15) is 12.6 Å². The number of hydrogen-bond donors (Lipinski definition) is 1. The van der Waals surface area contributed by atoms with Gasteiger partial charge in [0.15, 0.2) is 0 Å². The van der Waals surface area contributed by atoms with Gasteiger partial charge in [-0.05, 0) is 24.3 Å². The minimum absolute atomic E-state index is 0. The Hall–Kier alpha value is -1.06. The second-order valence-electron chi connectivity index (χ2n) is 3.96. The molecule has 1 fully saturated rings. The molecule has 1 atom stereocenters. The molecule has 0 bridgehead atoms. The zero-order valence-corrected chi connectivity index (χ0v) is 9.78. The van der Waals surface area contributed by atoms with Crippen LogP contribution in [0.25, 0.3) is 0 Å². The maximum atomic E-state index is 11.5. The zero-order chi connectivity index (χ0) is 10.7. The SMILES string of the molecule is Cl.NC(C(=O)OCc1ccccc1)C1CC1. The number of benzene rings is 1. The molecule has 1 aliphatic carbocycles. The first kappa shape index (κ1) is 13.0. The smallest absolute Gasteiger partial charge is 0.323 e. The highest BCUT2D eigenvalue weighted by atomic mass is 35.5. The molecule has 0 spiro atoms. The predicted molar refractivity (Wildman–Crippen MR) is 64.2 cm³/mol. The number of carbonyl (C=O) groups excluding carboxylic acids is 1. The van der Waals surface area contributed by atoms with Crippen molar-refractivity contribution in [2.45, 2.75) is 25.5 Å². The Kier molecular flexibility index (Phi) is 4.77. The summed E-state index contributed by atoms with van der Waals surface area (Å²) in [5.41, 5.74) is 6.71. The van der Waals surface area contributed by atoms with Crippen LogP contribution in [-0.2, 0) is 16.1 Å². The first-order chi connectivity index (χ1) is 7.27. The largest absolute Gasteiger partial charge is 0.460 e. The molecular formula is C12H16ClNO2. The standard InChI is InChI=1S/C12H15NO2.ClH/c13-11(10-6-7-10)12(14)15-8-9-4-2-1-3-5-9;/h1-5,10-11H,6-8,13H2;1H. The second kappa shape index (κ2) is 5.87. The van der Waals surface area contributed by atoms with E-state index in [9.17, 15) is 4.79 Å². The average Bonchev–Trinajstić information content (AvgIpc) is 3.10. The van der Waals surface area contributed by atoms with Gasteiger partial charge < -0.3 is 10.5 Å². The van der Waals surface area contributed by atoms with E-state index in [2.05, 4.69) is 0 Å². The number of ether oxygens (including phenoxy) is 1. The molecule has 1 saturated carbocycles. The van der Waals surface area contributed by atoms with Crippen LogP contribution < -0.4 is 5.73 Å². The van der Waals surface area contributed by atoms with Crippen molar-refractivity contribution in [1.82, 2.24) is 0 Å². The molecule has 0 aromatic heterocycles. The van der Waals surface area contributed by atoms with Crippen molar-refractivity contribution in [1.29, 1.82) is 0 Å². The Morgan fingerprint density at radius 3 is 2.56 bits per heavy atom. The molecule has 3 nitrogen and oxygen atoms in total. The van der Waals surface area contributed by atoms with Gasteiger partial charge in [0.25, 0.3) is 0 Å². The molecule has 1 aliphatic rings. The van der Waals surface area contributed by atoms with Crippen LogP contribution >= 0.6 is 12.4 Å². The minimum atomic E-state index is -0.422. The number of esters is 1. The van der Waals surface area contributed by atoms with E-state index in [1.807, 2.05) is 30.3 Å². The Bertz CT molecular complexity index is 338. The molecule has 2 rings (SSSR count). The van der Waals surface area contributed by atoms with Gasteiger partial charge in [-0.2, -0.15) is 0 Å². The van der Waals surface area contributed by atoms with Gasteiger partial charge in [0, 0.05) is 0 Å². The van der Waals surface area contributed by atoms with E-state index in [-0.39, 0.29) is 18.4 Å². The quantitative estimate of drug-likeness (QED) is 0.819. The van der Waals surface area contributed by atoms with E-state index in [4.69, 9.17) is 10.5 Å². The van der Waals surface area contributed by atoms with Gasteiger partial charge in [-0.15, -0.1) is 12.4 Å². The maximum absolute atomic E-state index is 11.5. The van der Waals surface area contributed by atoms with Crippen LogP contribution in [0, 0.1) is 5.92 Å². The number of rotatable bonds is 4. The predicted octanol–water partition coefficient (Wildman–Crippen LogP) is 1.89. The lowest BCUT2D eigenvalue weighted by Crippen LogP contribution is -2.34. The molecule has 0 heterocycles. The van der Waals surface area contributed by atoms with Gasteiger partial charge in [0.2, 0.25) is 0 Å². The lowest BCUT2D eigenvalue weighted by molar-refractivity contribution is -0.147. The van der Waals surface area contributed by atoms with Crippen molar-refractivity contribution in [2.24, 2.45) is 11.7 Å². The summed E-state index contributed by atoms with van der Waals surface area (Å²) >= 11 is 0. The summed E-state index contributed by atoms with van der Waals surface area (Å²) in [5.74, 6) is 0.0784. The third-order valence-electron chi connectivity index (χ3n) is 2.63. The highest BCUT2D eigenvalue weighted by Gasteiger charge is 2.34. The van der Waals surface area contributed by atoms with E-state index in [1.165, 1.54) is 0 Å². The van der Waals surface area contributed by atoms with E-state index in [0.29, 0.717) is 12.5 Å². The molecule has 1 aromatic rings. The molecule has 0 aliphatic heterocycles. The van der Waals surface area contributed by atoms with Crippen molar-refractivity contribution in [3.63, 3.8) is 0 Å². The number of nitrogens with two attached hydrogens (primary N) is 1. The minimum Gasteiger partial charge on any atom is -0.460 e. The molecule has 0 saturated heterocycles. The van der Waals surface area contributed by atoms with Crippen molar-refractivity contribution in [3.8, 4) is 0 Å². The van der Waals surface area contributed by atoms with Gasteiger partial charge in [0.05, 0.1) is 0 Å². The van der Waals surface area contributed by atoms with Gasteiger partial charge in [-0.25, -0.2) is 0 Å². The van der Waals surface area contributed by atoms with Gasteiger partial charge >= 0.3 is 5.97 Å². The molecular weight excluding hydrogens is 226 g/mol. The summed E-state index contributed by atoms with van der Waals surface area (Å²) in [4.78, 5) is 11.5. The Morgan fingerprint density at radius 2 is 2.00 bits per heavy atom. The van der Waals surface area contributed by atoms with E-state index >= 15 is 0 Å². The van der Waals surface area contributed by atoms with Crippen LogP contribution in [0.4, 0.5) is 0 Å². The fourth-order valence-electron chi connectivity index (χ4n) is 1.47. The van der Waals surface area contributed by atoms with Gasteiger partial charge in [-0.3, -0.25) is 4.79 Å². The molecule has 0 amide bonds. The first-order valence-electron chi connectivity index (χ1n) is 5.23. The van der Waals surface area contributed by atoms with E-state index < -0.39 is 6.04 Å². The van der Waals surface area contributed by atoms with Crippen molar-refractivity contribution < 1.29 is 9.53 Å². The summed E-state index contributed by atoms with van der Waals surface area (Å²) in [7, 11) is 0. The van der Waals surface area contributed by atoms with E-state index in [1.54, 1.807) is 0 Å². The third kappa shape index (κ3) is 3.51. The zero-order valence-electron chi connectivity index (χ0n) is 8.96. The Balaban J connectivity index is 0.00000128. The van der Waals surface area contributed by atoms with Gasteiger partial charge in [-0.1, -0.05) is 30.3 Å². The van der Waals surface area contributed by atoms with Crippen LogP contribution in [0.1, 0.15) is 18.4 Å². The molecule has 16 heavy (non-hydrogen) atoms. The molecule has 88 valence electrons. The summed E-state index contributed by atoms with van der Waals surface area (Å²) in [5, 5.41) is 0. The number of hydrogen-bond acceptors (Lipinski definition) is 3. The van der Waals surface area contributed by atoms with Crippen LogP contribution in [0.15, 0.2) is 30.3 Å². The van der Waals surface area contributed by atoms with Crippen LogP contribution in [0.5, 0.6) is 0 Å². The maximum Gasteiger partial charge on any atom is 0.323 e. The Labute approximate surface area is 101 Å². The molecule has 1 unspecified atom stereocenters. The summed E-state index contributed by atoms with van der Waals surface area (Å²) in [6.07, 6.45) is 2.11.